The smallest absolute Gasteiger partial charge is 0.130 e. The highest BCUT2D eigenvalue weighted by Crippen LogP contribution is 2.36. The minimum absolute atomic E-state index is 0.296. The van der Waals surface area contributed by atoms with E-state index < -0.39 is 11.9 Å². The van der Waals surface area contributed by atoms with Crippen molar-refractivity contribution >= 4 is 22.7 Å². The molecule has 1 aromatic heterocycles. The van der Waals surface area contributed by atoms with Crippen molar-refractivity contribution in [1.29, 1.82) is 0 Å². The van der Waals surface area contributed by atoms with Gasteiger partial charge in [-0.2, -0.15) is 0 Å². The molecular formula is C16H13FN2OS. The van der Waals surface area contributed by atoms with E-state index in [1.165, 1.54) is 24.2 Å². The van der Waals surface area contributed by atoms with Crippen molar-refractivity contribution in [2.45, 2.75) is 22.9 Å². The van der Waals surface area contributed by atoms with Crippen LogP contribution in [0.2, 0.25) is 0 Å². The van der Waals surface area contributed by atoms with Gasteiger partial charge in [-0.25, -0.2) is 14.4 Å². The highest BCUT2D eigenvalue weighted by atomic mass is 32.2. The van der Waals surface area contributed by atoms with Crippen molar-refractivity contribution in [1.82, 2.24) is 9.97 Å². The Bertz CT molecular complexity index is 787. The van der Waals surface area contributed by atoms with Crippen molar-refractivity contribution in [3.63, 3.8) is 0 Å². The second-order valence-corrected chi connectivity index (χ2v) is 5.66. The van der Waals surface area contributed by atoms with Gasteiger partial charge in [0.05, 0.1) is 11.6 Å². The molecule has 0 unspecified atom stereocenters. The zero-order chi connectivity index (χ0) is 14.8. The first kappa shape index (κ1) is 14.0. The number of nitrogens with zero attached hydrogens (tertiary/aromatic N) is 2. The summed E-state index contributed by atoms with van der Waals surface area (Å²) in [6.45, 7) is 1.56. The van der Waals surface area contributed by atoms with Crippen LogP contribution < -0.4 is 0 Å². The average molecular weight is 300 g/mol. The number of rotatable bonds is 3. The third-order valence-electron chi connectivity index (χ3n) is 3.14. The fraction of sp³-hybridized carbons (Fsp3) is 0.125. The van der Waals surface area contributed by atoms with Gasteiger partial charge < -0.3 is 5.11 Å². The van der Waals surface area contributed by atoms with Gasteiger partial charge in [-0.1, -0.05) is 36.0 Å². The fourth-order valence-corrected chi connectivity index (χ4v) is 3.29. The molecule has 3 aromatic rings. The van der Waals surface area contributed by atoms with Crippen LogP contribution in [0.25, 0.3) is 10.9 Å². The Labute approximate surface area is 125 Å². The summed E-state index contributed by atoms with van der Waals surface area (Å²) in [6.07, 6.45) is 0.619. The molecule has 5 heteroatoms. The van der Waals surface area contributed by atoms with E-state index in [0.29, 0.717) is 10.5 Å². The summed E-state index contributed by atoms with van der Waals surface area (Å²) in [4.78, 5) is 9.15. The molecule has 21 heavy (non-hydrogen) atoms. The Kier molecular flexibility index (Phi) is 3.86. The quantitative estimate of drug-likeness (QED) is 0.743. The average Bonchev–Trinajstić information content (AvgIpc) is 2.47. The van der Waals surface area contributed by atoms with Gasteiger partial charge in [0.2, 0.25) is 0 Å². The lowest BCUT2D eigenvalue weighted by molar-refractivity contribution is 0.191. The molecule has 1 heterocycles. The summed E-state index contributed by atoms with van der Waals surface area (Å²) in [5.74, 6) is -0.409. The second-order valence-electron chi connectivity index (χ2n) is 4.63. The van der Waals surface area contributed by atoms with E-state index in [9.17, 15) is 9.50 Å². The molecule has 1 atom stereocenters. The molecule has 0 aliphatic carbocycles. The number of fused-ring (bicyclic) bond motifs is 1. The Hall–Kier alpha value is -1.98. The number of benzene rings is 2. The number of aliphatic hydroxyl groups excluding tert-OH is 1. The SMILES string of the molecule is C[C@@H](O)c1c(F)cccc1Sc1ncnc2ccccc12. The molecule has 3 nitrogen and oxygen atoms in total. The van der Waals surface area contributed by atoms with Crippen LogP contribution in [0.1, 0.15) is 18.6 Å². The summed E-state index contributed by atoms with van der Waals surface area (Å²) >= 11 is 1.34. The number of hydrogen-bond donors (Lipinski definition) is 1. The molecule has 3 rings (SSSR count). The van der Waals surface area contributed by atoms with Crippen LogP contribution in [0.5, 0.6) is 0 Å². The van der Waals surface area contributed by atoms with Crippen LogP contribution in [-0.4, -0.2) is 15.1 Å². The summed E-state index contributed by atoms with van der Waals surface area (Å²) in [5, 5.41) is 11.4. The van der Waals surface area contributed by atoms with Crippen molar-refractivity contribution in [3.05, 3.63) is 60.2 Å². The molecule has 0 aliphatic rings. The third kappa shape index (κ3) is 2.75. The number of aromatic nitrogens is 2. The first-order valence-corrected chi connectivity index (χ1v) is 7.32. The first-order valence-electron chi connectivity index (χ1n) is 6.51. The monoisotopic (exact) mass is 300 g/mol. The number of para-hydroxylation sites is 1. The molecule has 0 saturated carbocycles. The molecular weight excluding hydrogens is 287 g/mol. The summed E-state index contributed by atoms with van der Waals surface area (Å²) < 4.78 is 13.9. The van der Waals surface area contributed by atoms with Gasteiger partial charge in [-0.05, 0) is 25.1 Å². The standard InChI is InChI=1S/C16H13FN2OS/c1-10(20)15-12(17)6-4-8-14(15)21-16-11-5-2-3-7-13(11)18-9-19-16/h2-10,20H,1H3/t10-/m1/s1. The zero-order valence-corrected chi connectivity index (χ0v) is 12.1. The van der Waals surface area contributed by atoms with E-state index in [1.807, 2.05) is 24.3 Å². The van der Waals surface area contributed by atoms with Crippen LogP contribution >= 0.6 is 11.8 Å². The van der Waals surface area contributed by atoms with Crippen LogP contribution in [0.4, 0.5) is 4.39 Å². The molecule has 1 N–H and O–H groups in total. The van der Waals surface area contributed by atoms with E-state index in [0.717, 1.165) is 15.9 Å². The highest BCUT2D eigenvalue weighted by Gasteiger charge is 2.15. The second kappa shape index (κ2) is 5.79. The van der Waals surface area contributed by atoms with Gasteiger partial charge >= 0.3 is 0 Å². The highest BCUT2D eigenvalue weighted by molar-refractivity contribution is 7.99. The van der Waals surface area contributed by atoms with Crippen LogP contribution in [-0.2, 0) is 0 Å². The zero-order valence-electron chi connectivity index (χ0n) is 11.3. The number of aliphatic hydroxyl groups is 1. The molecule has 0 fully saturated rings. The molecule has 106 valence electrons. The van der Waals surface area contributed by atoms with Crippen LogP contribution in [0.3, 0.4) is 0 Å². The maximum Gasteiger partial charge on any atom is 0.130 e. The van der Waals surface area contributed by atoms with Crippen LogP contribution in [0.15, 0.2) is 58.7 Å². The molecule has 2 aromatic carbocycles. The third-order valence-corrected chi connectivity index (χ3v) is 4.24. The van der Waals surface area contributed by atoms with Gasteiger partial charge in [0.1, 0.15) is 17.2 Å². The predicted octanol–water partition coefficient (Wildman–Crippen LogP) is 3.97. The summed E-state index contributed by atoms with van der Waals surface area (Å²) in [7, 11) is 0. The van der Waals surface area contributed by atoms with Gasteiger partial charge in [0, 0.05) is 15.8 Å². The largest absolute Gasteiger partial charge is 0.389 e. The van der Waals surface area contributed by atoms with E-state index in [1.54, 1.807) is 19.1 Å². The van der Waals surface area contributed by atoms with Crippen molar-refractivity contribution in [2.24, 2.45) is 0 Å². The Morgan fingerprint density at radius 2 is 1.90 bits per heavy atom. The minimum Gasteiger partial charge on any atom is -0.389 e. The Morgan fingerprint density at radius 3 is 2.71 bits per heavy atom. The van der Waals surface area contributed by atoms with Crippen molar-refractivity contribution in [3.8, 4) is 0 Å². The lowest BCUT2D eigenvalue weighted by Crippen LogP contribution is -1.99. The van der Waals surface area contributed by atoms with Gasteiger partial charge in [0.25, 0.3) is 0 Å². The minimum atomic E-state index is -0.873. The van der Waals surface area contributed by atoms with E-state index in [-0.39, 0.29) is 0 Å². The van der Waals surface area contributed by atoms with Gasteiger partial charge in [-0.15, -0.1) is 0 Å². The van der Waals surface area contributed by atoms with Gasteiger partial charge in [0.15, 0.2) is 0 Å². The molecule has 0 spiro atoms. The summed E-state index contributed by atoms with van der Waals surface area (Å²) in [6, 6.07) is 12.4. The normalized spacial score (nSPS) is 12.5. The number of hydrogen-bond acceptors (Lipinski definition) is 4. The maximum absolute atomic E-state index is 13.9. The molecule has 0 amide bonds. The topological polar surface area (TPSA) is 46.0 Å². The number of halogens is 1. The van der Waals surface area contributed by atoms with Crippen molar-refractivity contribution in [2.75, 3.05) is 0 Å². The van der Waals surface area contributed by atoms with Crippen LogP contribution in [0, 0.1) is 5.82 Å². The van der Waals surface area contributed by atoms with E-state index >= 15 is 0 Å². The lowest BCUT2D eigenvalue weighted by Gasteiger charge is -2.12. The fourth-order valence-electron chi connectivity index (χ4n) is 2.18. The molecule has 0 bridgehead atoms. The Balaban J connectivity index is 2.09. The van der Waals surface area contributed by atoms with Gasteiger partial charge in [-0.3, -0.25) is 0 Å². The predicted molar refractivity (Wildman–Crippen MR) is 80.7 cm³/mol. The van der Waals surface area contributed by atoms with E-state index in [2.05, 4.69) is 9.97 Å². The maximum atomic E-state index is 13.9. The molecule has 0 radical (unpaired) electrons. The lowest BCUT2D eigenvalue weighted by atomic mass is 10.1. The summed E-state index contributed by atoms with van der Waals surface area (Å²) in [5.41, 5.74) is 1.13. The molecule has 0 aliphatic heterocycles. The molecule has 0 saturated heterocycles. The first-order chi connectivity index (χ1) is 10.2. The Morgan fingerprint density at radius 1 is 1.10 bits per heavy atom. The van der Waals surface area contributed by atoms with E-state index in [4.69, 9.17) is 0 Å². The van der Waals surface area contributed by atoms with Crippen molar-refractivity contribution < 1.29 is 9.50 Å².